The van der Waals surface area contributed by atoms with Crippen LogP contribution in [0.5, 0.6) is 75.1 Å². The molecule has 0 atom stereocenters. The molecule has 8 heterocycles. The molecule has 12 aromatic rings. The summed E-state index contributed by atoms with van der Waals surface area (Å²) >= 11 is 14.4. The van der Waals surface area contributed by atoms with Crippen molar-refractivity contribution >= 4 is 119 Å². The number of rotatable bonds is 17. The van der Waals surface area contributed by atoms with E-state index in [0.29, 0.717) is 95.2 Å². The number of piperidine rings is 2. The number of nitrogens with zero attached hydrogens (tertiary/aromatic N) is 9. The predicted molar refractivity (Wildman–Crippen MR) is 528 cm³/mol. The molecule has 27 nitrogen and oxygen atoms in total. The van der Waals surface area contributed by atoms with Crippen LogP contribution in [0.1, 0.15) is 137 Å². The molecule has 137 heavy (non-hydrogen) atoms. The zero-order chi connectivity index (χ0) is 96.8. The number of hydrogen-bond donors (Lipinski definition) is 6. The molecule has 728 valence electrons. The number of nitrogens with one attached hydrogen (secondary N) is 1. The summed E-state index contributed by atoms with van der Waals surface area (Å²) in [4.78, 5) is 54.1. The predicted octanol–water partition coefficient (Wildman–Crippen LogP) is 22.0. The Labute approximate surface area is 812 Å². The standard InChI is InChI=1S/C29H32FN3O4.C20H17FN2O2.C19H15FN2O3.C10H9ClN2O.C10H9FO.C7H13NO.C3H6BrCl.C2H2O4.CH4O.2CH4/c1-19-12-20-4-5-24(27(30)21(20)13-19)37-28-22-14-25(34-2)26(15-23(22)31-18-32-28)36-11-3-8-33-9-6-29(7-10-33)16-35-17-29;1-11-6-13-4-5-17(19(21)14(13)7-11)25-20-15-9-18(24-3)12(2)8-16(15)22-10-23-20;1-10-5-11-3-4-16(18(20)12(11)6-10)25-19-13-7-17(24-2)15(23)8-14(13)21-9-22-19;1-6-3-8-7(4-9(6)14-2)10(11)13-5-12-8;1-6-4-7-2-3-9(12)10(11)8(7)5-6;1-3-8-4-2-7(1)5-9-6-7;4-2-1-3-5;3-1(4)2(5)6;1-2;;/h4-5,13-15,18H,3,6-12,16-17H2,1-2H3;4-5,7-10H,6H2,1-3H3;3-4,6-9,23H,5H2,1-2H3;3-5H,1-2H3;2-3,5,12H,4H2,1H3;8H,1-6H2;1-3H2;(H,3,4)(H,5,6);2H,1H3;2*1H4. The Balaban J connectivity index is 0.000000173. The third-order valence-electron chi connectivity index (χ3n) is 23.6. The molecule has 4 aliphatic heterocycles. The van der Waals surface area contributed by atoms with Crippen molar-refractivity contribution in [2.24, 2.45) is 10.8 Å². The molecule has 0 radical (unpaired) electrons. The topological polar surface area (TPSA) is 346 Å². The Kier molecular flexibility index (Phi) is 38.6. The molecular weight excluding hydrogens is 1880 g/mol. The number of phenolic OH excluding ortho intramolecular Hbond substituents is 2. The lowest BCUT2D eigenvalue weighted by Crippen LogP contribution is -2.51. The molecule has 8 aliphatic rings. The van der Waals surface area contributed by atoms with Crippen LogP contribution in [0.3, 0.4) is 0 Å². The molecule has 4 fully saturated rings. The van der Waals surface area contributed by atoms with Crippen molar-refractivity contribution in [3.05, 3.63) is 229 Å². The maximum absolute atomic E-state index is 15.1. The number of likely N-dealkylation sites (tertiary alicyclic amines) is 1. The molecule has 20 rings (SSSR count). The van der Waals surface area contributed by atoms with Crippen molar-refractivity contribution < 1.29 is 100 Å². The van der Waals surface area contributed by atoms with Crippen LogP contribution in [0.2, 0.25) is 5.15 Å². The van der Waals surface area contributed by atoms with Crippen LogP contribution in [0, 0.1) is 47.9 Å². The lowest BCUT2D eigenvalue weighted by Gasteiger charge is -2.47. The van der Waals surface area contributed by atoms with E-state index in [-0.39, 0.29) is 72.7 Å². The first kappa shape index (κ1) is 107. The van der Waals surface area contributed by atoms with Gasteiger partial charge >= 0.3 is 11.9 Å². The number of carboxylic acids is 2. The van der Waals surface area contributed by atoms with Crippen LogP contribution in [-0.4, -0.2) is 195 Å². The van der Waals surface area contributed by atoms with Crippen LogP contribution in [0.25, 0.3) is 67.9 Å². The zero-order valence-corrected chi connectivity index (χ0v) is 79.8. The maximum atomic E-state index is 15.1. The lowest BCUT2D eigenvalue weighted by atomic mass is 9.77. The zero-order valence-electron chi connectivity index (χ0n) is 76.7. The number of hydrogen-bond acceptors (Lipinski definition) is 25. The first-order valence-corrected chi connectivity index (χ1v) is 45.6. The van der Waals surface area contributed by atoms with E-state index in [0.717, 1.165) is 181 Å². The van der Waals surface area contributed by atoms with Gasteiger partial charge in [0.05, 0.1) is 99.7 Å². The Hall–Kier alpha value is -12.4. The highest BCUT2D eigenvalue weighted by atomic mass is 79.9. The quantitative estimate of drug-likeness (QED) is 0.0162. The highest BCUT2D eigenvalue weighted by Gasteiger charge is 2.42. The average molecular weight is 1990 g/mol. The summed E-state index contributed by atoms with van der Waals surface area (Å²) in [5, 5.41) is 48.2. The molecule has 2 spiro atoms. The molecule has 34 heteroatoms. The van der Waals surface area contributed by atoms with Crippen molar-refractivity contribution in [2.75, 3.05) is 113 Å². The van der Waals surface area contributed by atoms with E-state index in [1.807, 2.05) is 108 Å². The highest BCUT2D eigenvalue weighted by molar-refractivity contribution is 9.09. The number of alkyl halides is 2. The van der Waals surface area contributed by atoms with E-state index in [1.54, 1.807) is 63.8 Å². The van der Waals surface area contributed by atoms with Gasteiger partial charge in [-0.25, -0.2) is 67.0 Å². The number of aliphatic hydroxyl groups excluding tert-OH is 1. The van der Waals surface area contributed by atoms with Crippen LogP contribution < -0.4 is 43.2 Å². The number of methoxy groups -OCH3 is 4. The molecule has 0 bridgehead atoms. The van der Waals surface area contributed by atoms with Gasteiger partial charge in [0.1, 0.15) is 42.0 Å². The summed E-state index contributed by atoms with van der Waals surface area (Å²) in [5.74, 6) is -0.714. The van der Waals surface area contributed by atoms with Crippen molar-refractivity contribution in [2.45, 2.75) is 121 Å². The third-order valence-corrected chi connectivity index (χ3v) is 24.7. The van der Waals surface area contributed by atoms with Gasteiger partial charge in [0.2, 0.25) is 17.6 Å². The smallest absolute Gasteiger partial charge is 0.414 e. The normalized spacial score (nSPS) is 14.8. The monoisotopic (exact) mass is 1990 g/mol. The fourth-order valence-electron chi connectivity index (χ4n) is 16.3. The number of fused-ring (bicyclic) bond motifs is 8. The lowest BCUT2D eigenvalue weighted by molar-refractivity contribution is -0.159. The summed E-state index contributed by atoms with van der Waals surface area (Å²) < 4.78 is 113. The maximum Gasteiger partial charge on any atom is 0.414 e. The molecule has 4 aliphatic carbocycles. The third kappa shape index (κ3) is 26.5. The number of carbonyl (C=O) groups is 2. The van der Waals surface area contributed by atoms with Gasteiger partial charge in [-0.05, 0) is 226 Å². The van der Waals surface area contributed by atoms with Gasteiger partial charge in [0.25, 0.3) is 0 Å². The van der Waals surface area contributed by atoms with E-state index in [2.05, 4.69) is 66.0 Å². The van der Waals surface area contributed by atoms with Crippen molar-refractivity contribution in [1.82, 2.24) is 50.1 Å². The second kappa shape index (κ2) is 49.6. The van der Waals surface area contributed by atoms with Crippen molar-refractivity contribution in [1.29, 1.82) is 0 Å². The van der Waals surface area contributed by atoms with E-state index in [1.165, 1.54) is 83.3 Å². The van der Waals surface area contributed by atoms with Gasteiger partial charge in [-0.1, -0.05) is 113 Å². The van der Waals surface area contributed by atoms with E-state index in [4.69, 9.17) is 101 Å². The van der Waals surface area contributed by atoms with Crippen LogP contribution in [0.15, 0.2) is 145 Å². The number of aromatic hydroxyl groups is 2. The van der Waals surface area contributed by atoms with E-state index < -0.39 is 23.6 Å². The Morgan fingerprint density at radius 2 is 0.818 bits per heavy atom. The number of allylic oxidation sites excluding steroid dienone is 4. The Morgan fingerprint density at radius 3 is 1.20 bits per heavy atom. The molecule has 4 aromatic heterocycles. The molecule has 4 saturated heterocycles. The summed E-state index contributed by atoms with van der Waals surface area (Å²) in [6.45, 7) is 22.0. The van der Waals surface area contributed by atoms with Crippen LogP contribution in [0.4, 0.5) is 17.6 Å². The fourth-order valence-corrected chi connectivity index (χ4v) is 17.2. The average Bonchev–Trinajstić information content (AvgIpc) is 1.76. The summed E-state index contributed by atoms with van der Waals surface area (Å²) in [6.07, 6.45) is 23.1. The van der Waals surface area contributed by atoms with Gasteiger partial charge in [0.15, 0.2) is 69.3 Å². The van der Waals surface area contributed by atoms with E-state index >= 15 is 4.39 Å². The molecule has 6 N–H and O–H groups in total. The summed E-state index contributed by atoms with van der Waals surface area (Å²) in [7, 11) is 7.28. The second-order valence-electron chi connectivity index (χ2n) is 33.4. The largest absolute Gasteiger partial charge is 0.505 e. The Morgan fingerprint density at radius 1 is 0.453 bits per heavy atom. The molecule has 0 saturated carbocycles. The van der Waals surface area contributed by atoms with Gasteiger partial charge < -0.3 is 83.1 Å². The number of ether oxygens (including phenoxy) is 10. The minimum Gasteiger partial charge on any atom is -0.505 e. The summed E-state index contributed by atoms with van der Waals surface area (Å²) in [5.41, 5.74) is 16.4. The first-order valence-electron chi connectivity index (χ1n) is 43.5. The number of aromatic nitrogens is 8. The van der Waals surface area contributed by atoms with Gasteiger partial charge in [-0.15, -0.1) is 11.6 Å². The number of aliphatic carboxylic acids is 2. The molecule has 0 unspecified atom stereocenters. The SMILES string of the molecule is C.C.C1CC2(CCN1)COC2.CC1=Cc2c(ccc(O)c2F)C1.CO.COc1cc2c(Cl)ncnc2cc1C.COc1cc2c(Oc3ccc4c(c3F)C=C(C)C4)ncnc2cc1C.COc1cc2c(Oc3ccc4c(c3F)C=C(C)C4)ncnc2cc1O.COc1cc2c(Oc3ccc4c(c3F)C=C(C)C4)ncnc2cc1OCCCN1CCC2(CC1)COC2.ClCCCBr.O=C(O)C(=O)O. The number of aliphatic hydroxyl groups is 1. The van der Waals surface area contributed by atoms with Crippen LogP contribution >= 0.6 is 39.1 Å². The first-order chi connectivity index (χ1) is 65.0. The van der Waals surface area contributed by atoms with Gasteiger partial charge in [-0.2, -0.15) is 0 Å². The van der Waals surface area contributed by atoms with Gasteiger partial charge in [-0.3, -0.25) is 0 Å². The highest BCUT2D eigenvalue weighted by Crippen LogP contribution is 2.45. The number of phenols is 2. The van der Waals surface area contributed by atoms with E-state index in [9.17, 15) is 18.3 Å². The van der Waals surface area contributed by atoms with Crippen molar-refractivity contribution in [3.63, 3.8) is 0 Å². The number of aryl methyl sites for hydroxylation is 2. The summed E-state index contributed by atoms with van der Waals surface area (Å²) in [6, 6.07) is 27.9. The second-order valence-corrected chi connectivity index (χ2v) is 34.9. The molecule has 0 amide bonds. The molecular formula is C103H115BrCl2F4N10O17. The minimum absolute atomic E-state index is 0. The molecule has 8 aromatic carbocycles. The number of halogens is 7. The number of carboxylic acid groups (broad SMARTS) is 2. The number of benzene rings is 8. The van der Waals surface area contributed by atoms with Gasteiger partial charge in [0, 0.05) is 75.5 Å². The van der Waals surface area contributed by atoms with Crippen LogP contribution in [-0.2, 0) is 44.7 Å². The minimum atomic E-state index is -1.82. The Bertz CT molecular complexity index is 6250. The fraction of sp³-hybridized carbons (Fsp3) is 0.359. The van der Waals surface area contributed by atoms with Crippen molar-refractivity contribution in [3.8, 4) is 75.1 Å².